The minimum absolute atomic E-state index is 0.0133. The first-order valence-corrected chi connectivity index (χ1v) is 11.7. The maximum Gasteiger partial charge on any atom is 0.309 e. The number of sulfone groups is 1. The minimum Gasteiger partial charge on any atom is -0.460 e. The number of carbonyl (C=O) groups is 2. The number of ether oxygens (including phenoxy) is 1. The number of hydrogen-bond acceptors (Lipinski definition) is 7. The van der Waals surface area contributed by atoms with E-state index in [0.29, 0.717) is 30.6 Å². The van der Waals surface area contributed by atoms with Crippen molar-refractivity contribution in [1.82, 2.24) is 0 Å². The minimum atomic E-state index is -3.65. The Morgan fingerprint density at radius 3 is 2.32 bits per heavy atom. The summed E-state index contributed by atoms with van der Waals surface area (Å²) < 4.78 is 30.1. The molecule has 11 heteroatoms. The van der Waals surface area contributed by atoms with Crippen LogP contribution in [0.1, 0.15) is 49.5 Å². The fourth-order valence-corrected chi connectivity index (χ4v) is 4.56. The number of benzene rings is 1. The Balaban J connectivity index is 2.43. The van der Waals surface area contributed by atoms with Crippen molar-refractivity contribution in [2.24, 2.45) is 28.1 Å². The SMILES string of the molecule is Cc1c(N2CCC(C(=O)OC(C)(C)C)CC2N)cc(C(=O)N=C(N)N)cc1S(C)(=O)=O. The standard InChI is InChI=1S/C20H31N5O5S/c1-11-14(8-13(17(26)24-19(22)23)9-15(11)31(5,28)29)25-7-6-12(10-16(25)21)18(27)30-20(2,3)4/h8-9,12,16H,6-7,10,21H2,1-5H3,(H4,22,23,24,26). The van der Waals surface area contributed by atoms with Crippen LogP contribution in [0, 0.1) is 12.8 Å². The monoisotopic (exact) mass is 453 g/mol. The van der Waals surface area contributed by atoms with Crippen LogP contribution in [0.15, 0.2) is 22.0 Å². The first kappa shape index (κ1) is 24.6. The number of amides is 1. The van der Waals surface area contributed by atoms with Gasteiger partial charge in [0.1, 0.15) is 5.60 Å². The van der Waals surface area contributed by atoms with Crippen molar-refractivity contribution in [3.05, 3.63) is 23.3 Å². The Kier molecular flexibility index (Phi) is 7.01. The third kappa shape index (κ3) is 6.17. The van der Waals surface area contributed by atoms with E-state index in [9.17, 15) is 18.0 Å². The van der Waals surface area contributed by atoms with Crippen LogP contribution in [0.25, 0.3) is 0 Å². The molecule has 172 valence electrons. The zero-order valence-electron chi connectivity index (χ0n) is 18.5. The van der Waals surface area contributed by atoms with Gasteiger partial charge in [0.05, 0.1) is 17.0 Å². The van der Waals surface area contributed by atoms with E-state index in [4.69, 9.17) is 21.9 Å². The highest BCUT2D eigenvalue weighted by atomic mass is 32.2. The largest absolute Gasteiger partial charge is 0.460 e. The molecule has 2 atom stereocenters. The fraction of sp³-hybridized carbons (Fsp3) is 0.550. The topological polar surface area (TPSA) is 171 Å². The van der Waals surface area contributed by atoms with Gasteiger partial charge < -0.3 is 26.8 Å². The molecule has 1 aromatic carbocycles. The van der Waals surface area contributed by atoms with Crippen LogP contribution in [0.4, 0.5) is 5.69 Å². The molecular formula is C20H31N5O5S. The fourth-order valence-electron chi connectivity index (χ4n) is 3.56. The molecule has 1 aliphatic heterocycles. The number of carbonyl (C=O) groups excluding carboxylic acids is 2. The third-order valence-corrected chi connectivity index (χ3v) is 6.13. The van der Waals surface area contributed by atoms with Gasteiger partial charge in [0.15, 0.2) is 15.8 Å². The molecule has 31 heavy (non-hydrogen) atoms. The molecule has 1 aliphatic rings. The van der Waals surface area contributed by atoms with Crippen molar-refractivity contribution in [2.45, 2.75) is 57.2 Å². The number of nitrogens with zero attached hydrogens (tertiary/aromatic N) is 2. The second-order valence-corrected chi connectivity index (χ2v) is 10.7. The Morgan fingerprint density at radius 2 is 1.84 bits per heavy atom. The highest BCUT2D eigenvalue weighted by molar-refractivity contribution is 7.90. The predicted octanol–water partition coefficient (Wildman–Crippen LogP) is 0.655. The quantitative estimate of drug-likeness (QED) is 0.336. The predicted molar refractivity (Wildman–Crippen MR) is 118 cm³/mol. The molecule has 0 saturated carbocycles. The Labute approximate surface area is 182 Å². The van der Waals surface area contributed by atoms with Crippen LogP contribution in [-0.4, -0.2) is 50.8 Å². The molecule has 1 heterocycles. The molecule has 0 spiro atoms. The molecule has 0 bridgehead atoms. The van der Waals surface area contributed by atoms with Crippen molar-refractivity contribution in [1.29, 1.82) is 0 Å². The lowest BCUT2D eigenvalue weighted by Crippen LogP contribution is -2.50. The number of anilines is 1. The zero-order valence-corrected chi connectivity index (χ0v) is 19.3. The van der Waals surface area contributed by atoms with E-state index in [2.05, 4.69) is 4.99 Å². The van der Waals surface area contributed by atoms with Crippen LogP contribution < -0.4 is 22.1 Å². The van der Waals surface area contributed by atoms with Crippen LogP contribution in [0.3, 0.4) is 0 Å². The summed E-state index contributed by atoms with van der Waals surface area (Å²) in [5.41, 5.74) is 17.3. The summed E-state index contributed by atoms with van der Waals surface area (Å²) >= 11 is 0. The van der Waals surface area contributed by atoms with Crippen LogP contribution in [-0.2, 0) is 19.4 Å². The summed E-state index contributed by atoms with van der Waals surface area (Å²) in [6, 6.07) is 2.77. The van der Waals surface area contributed by atoms with Gasteiger partial charge in [-0.25, -0.2) is 8.42 Å². The lowest BCUT2D eigenvalue weighted by atomic mass is 9.93. The maximum atomic E-state index is 12.4. The lowest BCUT2D eigenvalue weighted by Gasteiger charge is -2.39. The van der Waals surface area contributed by atoms with E-state index in [0.717, 1.165) is 6.26 Å². The van der Waals surface area contributed by atoms with Crippen LogP contribution in [0.2, 0.25) is 0 Å². The summed E-state index contributed by atoms with van der Waals surface area (Å²) in [6.45, 7) is 7.43. The summed E-state index contributed by atoms with van der Waals surface area (Å²) in [7, 11) is -3.65. The molecule has 2 unspecified atom stereocenters. The van der Waals surface area contributed by atoms with E-state index in [1.807, 2.05) is 0 Å². The van der Waals surface area contributed by atoms with Gasteiger partial charge >= 0.3 is 5.97 Å². The molecule has 0 aromatic heterocycles. The smallest absolute Gasteiger partial charge is 0.309 e. The Bertz CT molecular complexity index is 1010. The lowest BCUT2D eigenvalue weighted by molar-refractivity contribution is -0.161. The number of aliphatic imine (C=N–C) groups is 1. The average Bonchev–Trinajstić information content (AvgIpc) is 2.59. The Morgan fingerprint density at radius 1 is 1.23 bits per heavy atom. The number of guanidine groups is 1. The normalized spacial score (nSPS) is 19.6. The second-order valence-electron chi connectivity index (χ2n) is 8.75. The third-order valence-electron chi connectivity index (χ3n) is 4.90. The molecule has 6 N–H and O–H groups in total. The van der Waals surface area contributed by atoms with Crippen LogP contribution in [0.5, 0.6) is 0 Å². The van der Waals surface area contributed by atoms with Crippen molar-refractivity contribution in [2.75, 3.05) is 17.7 Å². The van der Waals surface area contributed by atoms with E-state index in [1.165, 1.54) is 12.1 Å². The molecule has 0 aliphatic carbocycles. The number of piperidine rings is 1. The van der Waals surface area contributed by atoms with Gasteiger partial charge in [0.2, 0.25) is 0 Å². The zero-order chi connectivity index (χ0) is 23.7. The summed E-state index contributed by atoms with van der Waals surface area (Å²) in [5, 5.41) is 0. The van der Waals surface area contributed by atoms with Crippen LogP contribution >= 0.6 is 0 Å². The van der Waals surface area contributed by atoms with Crippen molar-refractivity contribution in [3.8, 4) is 0 Å². The van der Waals surface area contributed by atoms with Crippen molar-refractivity contribution >= 4 is 33.4 Å². The summed E-state index contributed by atoms with van der Waals surface area (Å²) in [4.78, 5) is 30.1. The van der Waals surface area contributed by atoms with Gasteiger partial charge in [-0.2, -0.15) is 4.99 Å². The van der Waals surface area contributed by atoms with E-state index in [-0.39, 0.29) is 22.3 Å². The summed E-state index contributed by atoms with van der Waals surface area (Å²) in [5.74, 6) is -1.87. The molecular weight excluding hydrogens is 422 g/mol. The van der Waals surface area contributed by atoms with Crippen molar-refractivity contribution < 1.29 is 22.7 Å². The number of hydrogen-bond donors (Lipinski definition) is 3. The molecule has 2 rings (SSSR count). The first-order valence-electron chi connectivity index (χ1n) is 9.84. The van der Waals surface area contributed by atoms with Gasteiger partial charge in [-0.15, -0.1) is 0 Å². The van der Waals surface area contributed by atoms with Gasteiger partial charge in [-0.3, -0.25) is 9.59 Å². The number of esters is 1. The molecule has 10 nitrogen and oxygen atoms in total. The van der Waals surface area contributed by atoms with E-state index < -0.39 is 33.5 Å². The first-order chi connectivity index (χ1) is 14.1. The highest BCUT2D eigenvalue weighted by Crippen LogP contribution is 2.34. The number of rotatable bonds is 4. The molecule has 1 amide bonds. The van der Waals surface area contributed by atoms with Crippen molar-refractivity contribution in [3.63, 3.8) is 0 Å². The summed E-state index contributed by atoms with van der Waals surface area (Å²) in [6.07, 6.45) is 1.28. The van der Waals surface area contributed by atoms with Gasteiger partial charge in [-0.05, 0) is 58.2 Å². The molecule has 1 aromatic rings. The highest BCUT2D eigenvalue weighted by Gasteiger charge is 2.34. The maximum absolute atomic E-state index is 12.4. The molecule has 1 saturated heterocycles. The van der Waals surface area contributed by atoms with Gasteiger partial charge in [0, 0.05) is 24.1 Å². The Hall–Kier alpha value is -2.66. The van der Waals surface area contributed by atoms with Gasteiger partial charge in [0.25, 0.3) is 5.91 Å². The number of nitrogens with two attached hydrogens (primary N) is 3. The molecule has 0 radical (unpaired) electrons. The average molecular weight is 454 g/mol. The van der Waals surface area contributed by atoms with E-state index >= 15 is 0 Å². The van der Waals surface area contributed by atoms with Gasteiger partial charge in [-0.1, -0.05) is 0 Å². The second kappa shape index (κ2) is 8.83. The molecule has 1 fully saturated rings. The van der Waals surface area contributed by atoms with E-state index in [1.54, 1.807) is 32.6 Å².